The molecule has 0 radical (unpaired) electrons. The van der Waals surface area contributed by atoms with Crippen LogP contribution < -0.4 is 11.3 Å². The van der Waals surface area contributed by atoms with Gasteiger partial charge < -0.3 is 15.4 Å². The molecule has 0 bridgehead atoms. The number of nitrogens with zero attached hydrogens (tertiary/aromatic N) is 1. The van der Waals surface area contributed by atoms with E-state index in [0.717, 1.165) is 22.9 Å². The number of carboxylic acid groups (broad SMARTS) is 1. The van der Waals surface area contributed by atoms with Gasteiger partial charge in [0.2, 0.25) is 0 Å². The van der Waals surface area contributed by atoms with Crippen molar-refractivity contribution in [3.63, 3.8) is 0 Å². The number of hydrogen-bond donors (Lipinski definition) is 2. The highest BCUT2D eigenvalue weighted by molar-refractivity contribution is 5.85. The molecule has 2 aromatic rings. The van der Waals surface area contributed by atoms with E-state index in [2.05, 4.69) is 0 Å². The first-order valence-corrected chi connectivity index (χ1v) is 5.73. The normalized spacial score (nSPS) is 14.9. The van der Waals surface area contributed by atoms with Gasteiger partial charge in [0.05, 0.1) is 5.52 Å². The molecule has 3 N–H and O–H groups in total. The van der Waals surface area contributed by atoms with Crippen molar-refractivity contribution in [1.82, 2.24) is 4.57 Å². The predicted octanol–water partition coefficient (Wildman–Crippen LogP) is 0.642. The standard InChI is InChI=1S/C13H12N2O3/c14-10(13(17)18)9-6-8-3-1-2-7-4-5-15(11(7)8)12(9)16/h1-3,6,10H,4-5,14H2,(H,17,18)/t10-/m0/s1. The van der Waals surface area contributed by atoms with Crippen LogP contribution in [0.25, 0.3) is 10.9 Å². The van der Waals surface area contributed by atoms with Crippen LogP contribution in [-0.2, 0) is 17.8 Å². The maximum Gasteiger partial charge on any atom is 0.325 e. The smallest absolute Gasteiger partial charge is 0.325 e. The van der Waals surface area contributed by atoms with E-state index in [9.17, 15) is 9.59 Å². The fraction of sp³-hybridized carbons (Fsp3) is 0.231. The first-order chi connectivity index (χ1) is 8.59. The Morgan fingerprint density at radius 2 is 2.22 bits per heavy atom. The zero-order valence-electron chi connectivity index (χ0n) is 9.59. The number of carbonyl (C=O) groups is 1. The number of pyridine rings is 1. The van der Waals surface area contributed by atoms with Crippen LogP contribution in [0.1, 0.15) is 17.2 Å². The van der Waals surface area contributed by atoms with E-state index in [1.807, 2.05) is 18.2 Å². The summed E-state index contributed by atoms with van der Waals surface area (Å²) in [5.41, 5.74) is 7.45. The molecule has 0 aliphatic carbocycles. The van der Waals surface area contributed by atoms with E-state index in [0.29, 0.717) is 6.54 Å². The summed E-state index contributed by atoms with van der Waals surface area (Å²) >= 11 is 0. The molecular formula is C13H12N2O3. The molecule has 1 aliphatic heterocycles. The van der Waals surface area contributed by atoms with Crippen LogP contribution in [0.5, 0.6) is 0 Å². The van der Waals surface area contributed by atoms with Gasteiger partial charge in [-0.25, -0.2) is 0 Å². The Hall–Kier alpha value is -2.14. The summed E-state index contributed by atoms with van der Waals surface area (Å²) in [4.78, 5) is 23.1. The van der Waals surface area contributed by atoms with Gasteiger partial charge in [-0.3, -0.25) is 9.59 Å². The van der Waals surface area contributed by atoms with E-state index in [4.69, 9.17) is 10.8 Å². The van der Waals surface area contributed by atoms with Gasteiger partial charge in [-0.2, -0.15) is 0 Å². The number of carboxylic acids is 1. The van der Waals surface area contributed by atoms with Crippen molar-refractivity contribution in [2.24, 2.45) is 5.73 Å². The molecular weight excluding hydrogens is 232 g/mol. The topological polar surface area (TPSA) is 85.3 Å². The number of aryl methyl sites for hydroxylation is 2. The number of aliphatic carboxylic acids is 1. The van der Waals surface area contributed by atoms with Gasteiger partial charge in [-0.1, -0.05) is 18.2 Å². The van der Waals surface area contributed by atoms with Crippen molar-refractivity contribution in [3.8, 4) is 0 Å². The second-order valence-electron chi connectivity index (χ2n) is 4.48. The van der Waals surface area contributed by atoms with Gasteiger partial charge >= 0.3 is 5.97 Å². The summed E-state index contributed by atoms with van der Waals surface area (Å²) in [5, 5.41) is 9.81. The van der Waals surface area contributed by atoms with Crippen LogP contribution in [0.4, 0.5) is 0 Å². The number of hydrogen-bond acceptors (Lipinski definition) is 3. The lowest BCUT2D eigenvalue weighted by atomic mass is 10.0. The highest BCUT2D eigenvalue weighted by Gasteiger charge is 2.23. The summed E-state index contributed by atoms with van der Waals surface area (Å²) < 4.78 is 1.63. The van der Waals surface area contributed by atoms with Crippen molar-refractivity contribution < 1.29 is 9.90 Å². The second-order valence-corrected chi connectivity index (χ2v) is 4.48. The molecule has 3 rings (SSSR count). The van der Waals surface area contributed by atoms with Crippen molar-refractivity contribution in [2.75, 3.05) is 0 Å². The highest BCUT2D eigenvalue weighted by atomic mass is 16.4. The van der Waals surface area contributed by atoms with Crippen LogP contribution >= 0.6 is 0 Å². The molecule has 1 aromatic heterocycles. The third-order valence-corrected chi connectivity index (χ3v) is 3.43. The lowest BCUT2D eigenvalue weighted by Crippen LogP contribution is -2.31. The molecule has 0 amide bonds. The summed E-state index contributed by atoms with van der Waals surface area (Å²) in [7, 11) is 0. The molecule has 0 saturated heterocycles. The van der Waals surface area contributed by atoms with E-state index >= 15 is 0 Å². The zero-order chi connectivity index (χ0) is 12.9. The minimum Gasteiger partial charge on any atom is -0.480 e. The predicted molar refractivity (Wildman–Crippen MR) is 66.5 cm³/mol. The lowest BCUT2D eigenvalue weighted by Gasteiger charge is -2.10. The fourth-order valence-corrected chi connectivity index (χ4v) is 2.55. The summed E-state index contributed by atoms with van der Waals surface area (Å²) in [6, 6.07) is 6.10. The molecule has 0 spiro atoms. The third-order valence-electron chi connectivity index (χ3n) is 3.43. The van der Waals surface area contributed by atoms with E-state index in [-0.39, 0.29) is 11.1 Å². The average Bonchev–Trinajstić information content (AvgIpc) is 2.78. The van der Waals surface area contributed by atoms with E-state index in [1.54, 1.807) is 10.6 Å². The Morgan fingerprint density at radius 3 is 2.94 bits per heavy atom. The summed E-state index contributed by atoms with van der Waals surface area (Å²) in [6.45, 7) is 0.592. The molecule has 0 saturated carbocycles. The Balaban J connectivity index is 2.36. The Bertz CT molecular complexity index is 718. The van der Waals surface area contributed by atoms with Gasteiger partial charge in [0.25, 0.3) is 5.56 Å². The lowest BCUT2D eigenvalue weighted by molar-refractivity contribution is -0.138. The van der Waals surface area contributed by atoms with E-state index < -0.39 is 12.0 Å². The molecule has 1 aromatic carbocycles. The Morgan fingerprint density at radius 1 is 1.44 bits per heavy atom. The molecule has 5 nitrogen and oxygen atoms in total. The largest absolute Gasteiger partial charge is 0.480 e. The van der Waals surface area contributed by atoms with Crippen molar-refractivity contribution >= 4 is 16.9 Å². The maximum atomic E-state index is 12.2. The molecule has 0 unspecified atom stereocenters. The SMILES string of the molecule is N[C@H](C(=O)O)c1cc2cccc3c2n(c1=O)CC3. The number of benzene rings is 1. The molecule has 0 fully saturated rings. The third kappa shape index (κ3) is 1.37. The summed E-state index contributed by atoms with van der Waals surface area (Å²) in [6.07, 6.45) is 0.804. The van der Waals surface area contributed by atoms with Gasteiger partial charge in [0.15, 0.2) is 0 Å². The maximum absolute atomic E-state index is 12.2. The van der Waals surface area contributed by atoms with Crippen molar-refractivity contribution in [2.45, 2.75) is 19.0 Å². The van der Waals surface area contributed by atoms with Crippen LogP contribution in [0, 0.1) is 0 Å². The number of para-hydroxylation sites is 1. The fourth-order valence-electron chi connectivity index (χ4n) is 2.55. The van der Waals surface area contributed by atoms with Crippen LogP contribution in [-0.4, -0.2) is 15.6 Å². The van der Waals surface area contributed by atoms with Crippen LogP contribution in [0.15, 0.2) is 29.1 Å². The minimum absolute atomic E-state index is 0.147. The number of rotatable bonds is 2. The van der Waals surface area contributed by atoms with E-state index in [1.165, 1.54) is 0 Å². The van der Waals surface area contributed by atoms with Crippen molar-refractivity contribution in [1.29, 1.82) is 0 Å². The molecule has 1 atom stereocenters. The quantitative estimate of drug-likeness (QED) is 0.811. The molecule has 92 valence electrons. The first-order valence-electron chi connectivity index (χ1n) is 5.73. The monoisotopic (exact) mass is 244 g/mol. The minimum atomic E-state index is -1.27. The number of aromatic nitrogens is 1. The zero-order valence-corrected chi connectivity index (χ0v) is 9.59. The molecule has 5 heteroatoms. The summed E-state index contributed by atoms with van der Waals surface area (Å²) in [5.74, 6) is -1.19. The number of nitrogens with two attached hydrogens (primary N) is 1. The van der Waals surface area contributed by atoms with Crippen molar-refractivity contribution in [3.05, 3.63) is 45.7 Å². The van der Waals surface area contributed by atoms with Gasteiger partial charge in [-0.15, -0.1) is 0 Å². The molecule has 1 aliphatic rings. The van der Waals surface area contributed by atoms with Gasteiger partial charge in [0, 0.05) is 12.1 Å². The molecule has 18 heavy (non-hydrogen) atoms. The second kappa shape index (κ2) is 3.68. The molecule has 2 heterocycles. The Labute approximate surface area is 102 Å². The van der Waals surface area contributed by atoms with Crippen LogP contribution in [0.2, 0.25) is 0 Å². The van der Waals surface area contributed by atoms with Crippen LogP contribution in [0.3, 0.4) is 0 Å². The van der Waals surface area contributed by atoms with Gasteiger partial charge in [-0.05, 0) is 23.4 Å². The highest BCUT2D eigenvalue weighted by Crippen LogP contribution is 2.25. The first kappa shape index (κ1) is 11.0. The van der Waals surface area contributed by atoms with Gasteiger partial charge in [0.1, 0.15) is 6.04 Å². The Kier molecular flexibility index (Phi) is 2.24. The average molecular weight is 244 g/mol.